The Bertz CT molecular complexity index is 1270. The maximum atomic E-state index is 13.5. The largest absolute Gasteiger partial charge is 0.278 e. The van der Waals surface area contributed by atoms with Gasteiger partial charge >= 0.3 is 0 Å². The first-order chi connectivity index (χ1) is 15.3. The average molecular weight is 462 g/mol. The van der Waals surface area contributed by atoms with E-state index in [4.69, 9.17) is 0 Å². The monoisotopic (exact) mass is 461 g/mol. The molecule has 3 heterocycles. The molecule has 4 aromatic rings. The van der Waals surface area contributed by atoms with Crippen molar-refractivity contribution in [2.24, 2.45) is 0 Å². The molecule has 0 bridgehead atoms. The van der Waals surface area contributed by atoms with Crippen LogP contribution >= 0.6 is 34.9 Å². The number of aromatic nitrogens is 2. The summed E-state index contributed by atoms with van der Waals surface area (Å²) in [5.74, 6) is 0.408. The summed E-state index contributed by atoms with van der Waals surface area (Å²) in [5.41, 5.74) is 3.32. The maximum absolute atomic E-state index is 13.5. The van der Waals surface area contributed by atoms with Crippen LogP contribution < -0.4 is 4.90 Å². The second-order valence-corrected chi connectivity index (χ2v) is 10.8. The van der Waals surface area contributed by atoms with Crippen LogP contribution in [0.4, 0.5) is 11.4 Å². The molecule has 7 heteroatoms. The Kier molecular flexibility index (Phi) is 4.97. The molecule has 1 amide bonds. The minimum atomic E-state index is 0.0704. The average Bonchev–Trinajstić information content (AvgIpc) is 3.20. The van der Waals surface area contributed by atoms with E-state index in [2.05, 4.69) is 22.1 Å². The van der Waals surface area contributed by atoms with Gasteiger partial charge < -0.3 is 0 Å². The molecule has 31 heavy (non-hydrogen) atoms. The first kappa shape index (κ1) is 19.3. The number of para-hydroxylation sites is 2. The van der Waals surface area contributed by atoms with E-state index in [9.17, 15) is 4.79 Å². The first-order valence-corrected chi connectivity index (χ1v) is 13.0. The van der Waals surface area contributed by atoms with Crippen LogP contribution in [0, 0.1) is 0 Å². The third-order valence-electron chi connectivity index (χ3n) is 5.73. The lowest BCUT2D eigenvalue weighted by Gasteiger charge is -2.31. The third kappa shape index (κ3) is 3.35. The zero-order chi connectivity index (χ0) is 20.8. The van der Waals surface area contributed by atoms with Crippen molar-refractivity contribution >= 4 is 62.4 Å². The number of hydrogen-bond acceptors (Lipinski definition) is 6. The quantitative estimate of drug-likeness (QED) is 0.258. The van der Waals surface area contributed by atoms with E-state index in [1.54, 1.807) is 29.4 Å². The number of amides is 1. The summed E-state index contributed by atoms with van der Waals surface area (Å²) in [6.45, 7) is 0. The van der Waals surface area contributed by atoms with Gasteiger partial charge in [0.1, 0.15) is 16.2 Å². The lowest BCUT2D eigenvalue weighted by atomic mass is 9.97. The zero-order valence-corrected chi connectivity index (χ0v) is 19.2. The van der Waals surface area contributed by atoms with Gasteiger partial charge in [-0.3, -0.25) is 9.69 Å². The standard InChI is InChI=1S/C24H19N3OS3/c28-21(27-16-8-2-5-11-19(16)30-20-12-6-3-9-17(20)27)13-29-23-22-15-7-1-4-10-18(15)31-24(22)26-14-25-23/h2-3,5-6,8-9,11-12,14H,1,4,7,10,13H2. The Morgan fingerprint density at radius 1 is 0.968 bits per heavy atom. The molecule has 0 spiro atoms. The summed E-state index contributed by atoms with van der Waals surface area (Å²) in [6, 6.07) is 16.2. The van der Waals surface area contributed by atoms with Crippen molar-refractivity contribution in [3.63, 3.8) is 0 Å². The van der Waals surface area contributed by atoms with Gasteiger partial charge in [0.2, 0.25) is 5.91 Å². The van der Waals surface area contributed by atoms with Gasteiger partial charge in [-0.1, -0.05) is 47.8 Å². The van der Waals surface area contributed by atoms with Crippen LogP contribution in [0.15, 0.2) is 69.7 Å². The Morgan fingerprint density at radius 2 is 1.68 bits per heavy atom. The highest BCUT2D eigenvalue weighted by atomic mass is 32.2. The normalized spacial score (nSPS) is 14.8. The molecule has 0 atom stereocenters. The predicted molar refractivity (Wildman–Crippen MR) is 129 cm³/mol. The Hall–Kier alpha value is -2.35. The summed E-state index contributed by atoms with van der Waals surface area (Å²) in [6.07, 6.45) is 6.34. The van der Waals surface area contributed by atoms with Crippen molar-refractivity contribution in [2.75, 3.05) is 10.7 Å². The molecule has 4 nitrogen and oxygen atoms in total. The second-order valence-electron chi connectivity index (χ2n) is 7.63. The van der Waals surface area contributed by atoms with Gasteiger partial charge in [0.05, 0.1) is 17.1 Å². The summed E-state index contributed by atoms with van der Waals surface area (Å²) < 4.78 is 0. The van der Waals surface area contributed by atoms with E-state index in [1.807, 2.05) is 41.3 Å². The van der Waals surface area contributed by atoms with E-state index in [-0.39, 0.29) is 5.91 Å². The number of nitrogens with zero attached hydrogens (tertiary/aromatic N) is 3. The van der Waals surface area contributed by atoms with Crippen molar-refractivity contribution in [2.45, 2.75) is 40.5 Å². The van der Waals surface area contributed by atoms with Gasteiger partial charge in [-0.25, -0.2) is 9.97 Å². The van der Waals surface area contributed by atoms with Crippen LogP contribution in [-0.2, 0) is 17.6 Å². The lowest BCUT2D eigenvalue weighted by Crippen LogP contribution is -2.30. The van der Waals surface area contributed by atoms with E-state index >= 15 is 0 Å². The number of hydrogen-bond donors (Lipinski definition) is 0. The third-order valence-corrected chi connectivity index (χ3v) is 9.03. The van der Waals surface area contributed by atoms with Gasteiger partial charge in [-0.15, -0.1) is 11.3 Å². The maximum Gasteiger partial charge on any atom is 0.242 e. The Balaban J connectivity index is 1.33. The zero-order valence-electron chi connectivity index (χ0n) is 16.7. The van der Waals surface area contributed by atoms with E-state index in [1.165, 1.54) is 40.4 Å². The summed E-state index contributed by atoms with van der Waals surface area (Å²) >= 11 is 5.05. The second kappa shape index (κ2) is 7.97. The van der Waals surface area contributed by atoms with Crippen LogP contribution in [-0.4, -0.2) is 21.6 Å². The molecule has 0 radical (unpaired) electrons. The van der Waals surface area contributed by atoms with E-state index in [0.29, 0.717) is 5.75 Å². The van der Waals surface area contributed by atoms with Gasteiger partial charge in [0.25, 0.3) is 0 Å². The Morgan fingerprint density at radius 3 is 2.45 bits per heavy atom. The topological polar surface area (TPSA) is 46.1 Å². The minimum absolute atomic E-state index is 0.0704. The first-order valence-electron chi connectivity index (χ1n) is 10.4. The summed E-state index contributed by atoms with van der Waals surface area (Å²) in [7, 11) is 0. The number of benzene rings is 2. The van der Waals surface area contributed by atoms with Crippen LogP contribution in [0.3, 0.4) is 0 Å². The highest BCUT2D eigenvalue weighted by molar-refractivity contribution is 8.00. The molecule has 0 saturated heterocycles. The number of carbonyl (C=O) groups is 1. The molecule has 2 aromatic heterocycles. The van der Waals surface area contributed by atoms with Gasteiger partial charge in [0, 0.05) is 20.1 Å². The predicted octanol–water partition coefficient (Wildman–Crippen LogP) is 6.49. The highest BCUT2D eigenvalue weighted by Crippen LogP contribution is 2.48. The number of carbonyl (C=O) groups excluding carboxylic acids is 1. The van der Waals surface area contributed by atoms with Crippen molar-refractivity contribution in [1.82, 2.24) is 9.97 Å². The van der Waals surface area contributed by atoms with Crippen LogP contribution in [0.5, 0.6) is 0 Å². The molecular formula is C24H19N3OS3. The highest BCUT2D eigenvalue weighted by Gasteiger charge is 2.28. The number of fused-ring (bicyclic) bond motifs is 5. The van der Waals surface area contributed by atoms with E-state index in [0.717, 1.165) is 43.9 Å². The molecule has 0 unspecified atom stereocenters. The number of rotatable bonds is 3. The number of aryl methyl sites for hydroxylation is 2. The molecule has 1 aliphatic carbocycles. The Labute approximate surface area is 193 Å². The van der Waals surface area contributed by atoms with Crippen molar-refractivity contribution in [3.8, 4) is 0 Å². The molecule has 2 aliphatic rings. The molecule has 154 valence electrons. The molecule has 2 aromatic carbocycles. The van der Waals surface area contributed by atoms with Gasteiger partial charge in [0.15, 0.2) is 0 Å². The van der Waals surface area contributed by atoms with Gasteiger partial charge in [-0.2, -0.15) is 0 Å². The van der Waals surface area contributed by atoms with Gasteiger partial charge in [-0.05, 0) is 55.5 Å². The fourth-order valence-corrected chi connectivity index (χ4v) is 7.57. The molecule has 0 N–H and O–H groups in total. The molecule has 6 rings (SSSR count). The smallest absolute Gasteiger partial charge is 0.242 e. The van der Waals surface area contributed by atoms with Crippen LogP contribution in [0.1, 0.15) is 23.3 Å². The van der Waals surface area contributed by atoms with Crippen LogP contribution in [0.25, 0.3) is 10.2 Å². The van der Waals surface area contributed by atoms with Crippen molar-refractivity contribution in [1.29, 1.82) is 0 Å². The fraction of sp³-hybridized carbons (Fsp3) is 0.208. The molecule has 0 fully saturated rings. The summed E-state index contributed by atoms with van der Waals surface area (Å²) in [4.78, 5) is 29.2. The van der Waals surface area contributed by atoms with Crippen molar-refractivity contribution < 1.29 is 4.79 Å². The lowest BCUT2D eigenvalue weighted by molar-refractivity contribution is -0.115. The molecule has 1 aliphatic heterocycles. The number of thiophene rings is 1. The SMILES string of the molecule is O=C(CSc1ncnc2sc3c(c12)CCCC3)N1c2ccccc2Sc2ccccc21. The number of thioether (sulfide) groups is 1. The minimum Gasteiger partial charge on any atom is -0.278 e. The molecular weight excluding hydrogens is 442 g/mol. The number of anilines is 2. The fourth-order valence-electron chi connectivity index (χ4n) is 4.34. The van der Waals surface area contributed by atoms with Crippen molar-refractivity contribution in [3.05, 3.63) is 65.3 Å². The summed E-state index contributed by atoms with van der Waals surface area (Å²) in [5, 5.41) is 2.11. The van der Waals surface area contributed by atoms with E-state index < -0.39 is 0 Å². The molecule has 0 saturated carbocycles. The van der Waals surface area contributed by atoms with Crippen LogP contribution in [0.2, 0.25) is 0 Å².